The molecule has 0 aliphatic carbocycles. The van der Waals surface area contributed by atoms with Gasteiger partial charge in [-0.25, -0.2) is 4.79 Å². The minimum absolute atomic E-state index is 0.0906. The van der Waals surface area contributed by atoms with Crippen molar-refractivity contribution in [3.63, 3.8) is 0 Å². The van der Waals surface area contributed by atoms with Crippen molar-refractivity contribution in [1.29, 1.82) is 0 Å². The zero-order valence-electron chi connectivity index (χ0n) is 17.5. The Kier molecular flexibility index (Phi) is 7.06. The Bertz CT molecular complexity index is 1170. The molecule has 0 radical (unpaired) electrons. The Labute approximate surface area is 187 Å². The van der Waals surface area contributed by atoms with Gasteiger partial charge >= 0.3 is 5.97 Å². The molecular formula is C22H20N2O7S. The second kappa shape index (κ2) is 9.92. The highest BCUT2D eigenvalue weighted by Gasteiger charge is 2.22. The van der Waals surface area contributed by atoms with E-state index in [1.807, 2.05) is 0 Å². The minimum Gasteiger partial charge on any atom is -0.493 e. The van der Waals surface area contributed by atoms with Gasteiger partial charge in [0, 0.05) is 22.6 Å². The maximum Gasteiger partial charge on any atom is 0.350 e. The number of thiophene rings is 1. The highest BCUT2D eigenvalue weighted by molar-refractivity contribution is 7.18. The number of ether oxygens (including phenoxy) is 3. The van der Waals surface area contributed by atoms with Gasteiger partial charge in [0.25, 0.3) is 11.6 Å². The number of nitro groups is 1. The molecule has 0 fully saturated rings. The van der Waals surface area contributed by atoms with Gasteiger partial charge in [-0.05, 0) is 42.8 Å². The maximum absolute atomic E-state index is 12.7. The summed E-state index contributed by atoms with van der Waals surface area (Å²) in [6, 6.07) is 12.3. The molecule has 1 heterocycles. The van der Waals surface area contributed by atoms with Crippen molar-refractivity contribution < 1.29 is 28.7 Å². The van der Waals surface area contributed by atoms with E-state index in [4.69, 9.17) is 14.2 Å². The summed E-state index contributed by atoms with van der Waals surface area (Å²) >= 11 is 1.14. The molecule has 9 nitrogen and oxygen atoms in total. The van der Waals surface area contributed by atoms with Crippen molar-refractivity contribution in [3.05, 3.63) is 69.1 Å². The van der Waals surface area contributed by atoms with Crippen LogP contribution in [0, 0.1) is 10.1 Å². The van der Waals surface area contributed by atoms with Gasteiger partial charge in [0.05, 0.1) is 31.4 Å². The summed E-state index contributed by atoms with van der Waals surface area (Å²) in [4.78, 5) is 36.5. The summed E-state index contributed by atoms with van der Waals surface area (Å²) in [5.41, 5.74) is 0.872. The van der Waals surface area contributed by atoms with Crippen molar-refractivity contribution in [2.24, 2.45) is 0 Å². The normalized spacial score (nSPS) is 10.3. The first-order valence-corrected chi connectivity index (χ1v) is 10.3. The van der Waals surface area contributed by atoms with Crippen molar-refractivity contribution in [3.8, 4) is 21.9 Å². The molecule has 3 aromatic rings. The van der Waals surface area contributed by atoms with Gasteiger partial charge in [-0.2, -0.15) is 0 Å². The van der Waals surface area contributed by atoms with Crippen molar-refractivity contribution in [1.82, 2.24) is 0 Å². The van der Waals surface area contributed by atoms with Crippen LogP contribution in [0.2, 0.25) is 0 Å². The number of hydrogen-bond acceptors (Lipinski definition) is 8. The van der Waals surface area contributed by atoms with E-state index in [-0.39, 0.29) is 28.4 Å². The molecule has 0 unspecified atom stereocenters. The average molecular weight is 456 g/mol. The van der Waals surface area contributed by atoms with Gasteiger partial charge in [0.15, 0.2) is 11.5 Å². The zero-order chi connectivity index (χ0) is 23.3. The third-order valence-corrected chi connectivity index (χ3v) is 5.59. The molecule has 1 aromatic heterocycles. The third-order valence-electron chi connectivity index (χ3n) is 4.43. The summed E-state index contributed by atoms with van der Waals surface area (Å²) in [7, 11) is 3.05. The third kappa shape index (κ3) is 4.86. The second-order valence-electron chi connectivity index (χ2n) is 6.41. The van der Waals surface area contributed by atoms with Crippen LogP contribution in [0.5, 0.6) is 11.5 Å². The number of esters is 1. The lowest BCUT2D eigenvalue weighted by molar-refractivity contribution is -0.384. The van der Waals surface area contributed by atoms with Crippen LogP contribution in [0.4, 0.5) is 11.4 Å². The first-order chi connectivity index (χ1) is 15.4. The van der Waals surface area contributed by atoms with Crippen LogP contribution < -0.4 is 14.8 Å². The van der Waals surface area contributed by atoms with E-state index in [1.54, 1.807) is 31.2 Å². The molecule has 0 saturated heterocycles. The second-order valence-corrected chi connectivity index (χ2v) is 7.46. The molecule has 0 saturated carbocycles. The van der Waals surface area contributed by atoms with E-state index in [2.05, 4.69) is 5.32 Å². The van der Waals surface area contributed by atoms with Crippen molar-refractivity contribution in [2.75, 3.05) is 26.1 Å². The van der Waals surface area contributed by atoms with E-state index in [0.717, 1.165) is 16.9 Å². The number of carbonyl (C=O) groups is 2. The SMILES string of the molecule is CCOC(=O)c1sc(-c2ccc(OC)c(OC)c2)cc1NC(=O)c1cccc([N+](=O)[O-])c1. The van der Waals surface area contributed by atoms with E-state index < -0.39 is 16.8 Å². The Morgan fingerprint density at radius 1 is 1.06 bits per heavy atom. The monoisotopic (exact) mass is 456 g/mol. The van der Waals surface area contributed by atoms with Crippen LogP contribution in [-0.4, -0.2) is 37.6 Å². The largest absolute Gasteiger partial charge is 0.493 e. The summed E-state index contributed by atoms with van der Waals surface area (Å²) in [6.07, 6.45) is 0. The molecule has 0 bridgehead atoms. The summed E-state index contributed by atoms with van der Waals surface area (Å²) in [5, 5.41) is 13.7. The van der Waals surface area contributed by atoms with Gasteiger partial charge in [0.2, 0.25) is 0 Å². The molecule has 2 aromatic carbocycles. The quantitative estimate of drug-likeness (QED) is 0.295. The van der Waals surface area contributed by atoms with Crippen molar-refractivity contribution in [2.45, 2.75) is 6.92 Å². The number of nitro benzene ring substituents is 1. The van der Waals surface area contributed by atoms with E-state index in [9.17, 15) is 19.7 Å². The Morgan fingerprint density at radius 2 is 1.81 bits per heavy atom. The smallest absolute Gasteiger partial charge is 0.350 e. The van der Waals surface area contributed by atoms with Crippen LogP contribution in [0.1, 0.15) is 27.0 Å². The fraction of sp³-hybridized carbons (Fsp3) is 0.182. The summed E-state index contributed by atoms with van der Waals surface area (Å²) < 4.78 is 15.7. The molecule has 166 valence electrons. The number of nitrogens with zero attached hydrogens (tertiary/aromatic N) is 1. The lowest BCUT2D eigenvalue weighted by Crippen LogP contribution is -2.14. The number of non-ortho nitro benzene ring substituents is 1. The van der Waals surface area contributed by atoms with Gasteiger partial charge in [0.1, 0.15) is 4.88 Å². The number of hydrogen-bond donors (Lipinski definition) is 1. The number of amides is 1. The number of carbonyl (C=O) groups excluding carboxylic acids is 2. The highest BCUT2D eigenvalue weighted by atomic mass is 32.1. The summed E-state index contributed by atoms with van der Waals surface area (Å²) in [6.45, 7) is 1.85. The highest BCUT2D eigenvalue weighted by Crippen LogP contribution is 2.39. The summed E-state index contributed by atoms with van der Waals surface area (Å²) in [5.74, 6) is -0.106. The predicted molar refractivity (Wildman–Crippen MR) is 120 cm³/mol. The average Bonchev–Trinajstić information content (AvgIpc) is 3.22. The Balaban J connectivity index is 1.99. The fourth-order valence-corrected chi connectivity index (χ4v) is 3.92. The molecule has 1 amide bonds. The maximum atomic E-state index is 12.7. The number of anilines is 1. The van der Waals surface area contributed by atoms with Crippen LogP contribution in [0.3, 0.4) is 0 Å². The zero-order valence-corrected chi connectivity index (χ0v) is 18.4. The van der Waals surface area contributed by atoms with Gasteiger partial charge in [-0.3, -0.25) is 14.9 Å². The van der Waals surface area contributed by atoms with Crippen LogP contribution >= 0.6 is 11.3 Å². The Morgan fingerprint density at radius 3 is 2.47 bits per heavy atom. The first-order valence-electron chi connectivity index (χ1n) is 9.47. The minimum atomic E-state index is -0.587. The first kappa shape index (κ1) is 22.8. The molecule has 0 spiro atoms. The van der Waals surface area contributed by atoms with Gasteiger partial charge in [-0.1, -0.05) is 6.07 Å². The van der Waals surface area contributed by atoms with Crippen molar-refractivity contribution >= 4 is 34.6 Å². The molecule has 0 aliphatic rings. The number of methoxy groups -OCH3 is 2. The predicted octanol–water partition coefficient (Wildman–Crippen LogP) is 4.77. The fourth-order valence-electron chi connectivity index (χ4n) is 2.92. The van der Waals surface area contributed by atoms with Gasteiger partial charge < -0.3 is 19.5 Å². The molecule has 3 rings (SSSR count). The molecule has 0 atom stereocenters. The molecule has 10 heteroatoms. The van der Waals surface area contributed by atoms with E-state index >= 15 is 0 Å². The van der Waals surface area contributed by atoms with Crippen LogP contribution in [0.15, 0.2) is 48.5 Å². The standard InChI is InChI=1S/C22H20N2O7S/c1-4-31-22(26)20-16(23-21(25)14-6-5-7-15(10-14)24(27)28)12-19(32-20)13-8-9-17(29-2)18(11-13)30-3/h5-12H,4H2,1-3H3,(H,23,25). The number of nitrogens with one attached hydrogen (secondary N) is 1. The Hall–Kier alpha value is -3.92. The van der Waals surface area contributed by atoms with Crippen LogP contribution in [-0.2, 0) is 4.74 Å². The lowest BCUT2D eigenvalue weighted by Gasteiger charge is -2.08. The number of benzene rings is 2. The van der Waals surface area contributed by atoms with Gasteiger partial charge in [-0.15, -0.1) is 11.3 Å². The molecular weight excluding hydrogens is 436 g/mol. The van der Waals surface area contributed by atoms with E-state index in [1.165, 1.54) is 38.5 Å². The number of rotatable bonds is 8. The molecule has 32 heavy (non-hydrogen) atoms. The van der Waals surface area contributed by atoms with E-state index in [0.29, 0.717) is 16.4 Å². The topological polar surface area (TPSA) is 117 Å². The molecule has 1 N–H and O–H groups in total. The molecule has 0 aliphatic heterocycles. The lowest BCUT2D eigenvalue weighted by atomic mass is 10.1. The van der Waals surface area contributed by atoms with Crippen LogP contribution in [0.25, 0.3) is 10.4 Å².